The van der Waals surface area contributed by atoms with Crippen LogP contribution >= 0.6 is 0 Å². The molecule has 0 radical (unpaired) electrons. The van der Waals surface area contributed by atoms with Gasteiger partial charge in [0, 0.05) is 24.2 Å². The number of halogens is 1. The number of nitrogens with zero attached hydrogens (tertiary/aromatic N) is 2. The van der Waals surface area contributed by atoms with Gasteiger partial charge in [-0.2, -0.15) is 0 Å². The summed E-state index contributed by atoms with van der Waals surface area (Å²) in [5.41, 5.74) is 1.41. The summed E-state index contributed by atoms with van der Waals surface area (Å²) in [6, 6.07) is 12.1. The van der Waals surface area contributed by atoms with E-state index in [1.54, 1.807) is 30.3 Å². The molecule has 1 saturated heterocycles. The molecule has 1 aromatic heterocycles. The molecule has 3 heterocycles. The number of benzene rings is 2. The Balaban J connectivity index is 1.42. The first-order chi connectivity index (χ1) is 15.9. The minimum atomic E-state index is -3.23. The third-order valence-corrected chi connectivity index (χ3v) is 7.48. The second-order valence-electron chi connectivity index (χ2n) is 8.05. The van der Waals surface area contributed by atoms with Crippen molar-refractivity contribution in [2.24, 2.45) is 0 Å². The van der Waals surface area contributed by atoms with Gasteiger partial charge in [0.1, 0.15) is 19.0 Å². The molecule has 3 aromatic rings. The molecule has 33 heavy (non-hydrogen) atoms. The highest BCUT2D eigenvalue weighted by molar-refractivity contribution is 7.91. The summed E-state index contributed by atoms with van der Waals surface area (Å²) >= 11 is 0. The van der Waals surface area contributed by atoms with E-state index in [9.17, 15) is 17.6 Å². The van der Waals surface area contributed by atoms with E-state index >= 15 is 0 Å². The van der Waals surface area contributed by atoms with Gasteiger partial charge in [-0.1, -0.05) is 17.3 Å². The van der Waals surface area contributed by atoms with E-state index < -0.39 is 21.8 Å². The number of aromatic nitrogens is 1. The second-order valence-corrected chi connectivity index (χ2v) is 10.3. The van der Waals surface area contributed by atoms with Crippen LogP contribution < -0.4 is 9.47 Å². The van der Waals surface area contributed by atoms with Gasteiger partial charge in [-0.05, 0) is 42.3 Å². The number of amides is 1. The highest BCUT2D eigenvalue weighted by Gasteiger charge is 2.36. The lowest BCUT2D eigenvalue weighted by atomic mass is 10.1. The third-order valence-electron chi connectivity index (χ3n) is 5.73. The SMILES string of the molecule is O=C(c1cc(-c2ccc3c(c2)OCCO3)on1)N(Cc1ccc(F)cc1)[C@@H]1CCS(=O)(=O)C1. The monoisotopic (exact) mass is 472 g/mol. The number of carbonyl (C=O) groups excluding carboxylic acids is 1. The highest BCUT2D eigenvalue weighted by Crippen LogP contribution is 2.35. The summed E-state index contributed by atoms with van der Waals surface area (Å²) in [6.07, 6.45) is 0.335. The number of fused-ring (bicyclic) bond motifs is 1. The van der Waals surface area contributed by atoms with Crippen LogP contribution in [0.25, 0.3) is 11.3 Å². The van der Waals surface area contributed by atoms with Crippen molar-refractivity contribution in [3.05, 3.63) is 65.6 Å². The molecule has 8 nitrogen and oxygen atoms in total. The fourth-order valence-corrected chi connectivity index (χ4v) is 5.76. The lowest BCUT2D eigenvalue weighted by molar-refractivity contribution is 0.0670. The van der Waals surface area contributed by atoms with Gasteiger partial charge in [0.25, 0.3) is 5.91 Å². The number of hydrogen-bond donors (Lipinski definition) is 0. The van der Waals surface area contributed by atoms with E-state index in [2.05, 4.69) is 5.16 Å². The summed E-state index contributed by atoms with van der Waals surface area (Å²) < 4.78 is 54.0. The Morgan fingerprint density at radius 1 is 1.06 bits per heavy atom. The molecule has 172 valence electrons. The maximum atomic E-state index is 13.4. The molecule has 0 saturated carbocycles. The first-order valence-electron chi connectivity index (χ1n) is 10.5. The van der Waals surface area contributed by atoms with E-state index in [4.69, 9.17) is 14.0 Å². The van der Waals surface area contributed by atoms with Crippen molar-refractivity contribution >= 4 is 15.7 Å². The van der Waals surface area contributed by atoms with Crippen molar-refractivity contribution in [3.8, 4) is 22.8 Å². The average molecular weight is 472 g/mol. The van der Waals surface area contributed by atoms with Crippen LogP contribution in [0.4, 0.5) is 4.39 Å². The summed E-state index contributed by atoms with van der Waals surface area (Å²) in [7, 11) is -3.23. The van der Waals surface area contributed by atoms with Gasteiger partial charge in [0.2, 0.25) is 0 Å². The quantitative estimate of drug-likeness (QED) is 0.563. The minimum absolute atomic E-state index is 0.0200. The molecule has 2 aliphatic heterocycles. The van der Waals surface area contributed by atoms with Gasteiger partial charge >= 0.3 is 0 Å². The molecule has 1 atom stereocenters. The highest BCUT2D eigenvalue weighted by atomic mass is 32.2. The lowest BCUT2D eigenvalue weighted by Crippen LogP contribution is -2.40. The first-order valence-corrected chi connectivity index (χ1v) is 12.3. The fourth-order valence-electron chi connectivity index (χ4n) is 4.03. The van der Waals surface area contributed by atoms with Crippen LogP contribution in [0.3, 0.4) is 0 Å². The topological polar surface area (TPSA) is 98.9 Å². The molecule has 2 aliphatic rings. The largest absolute Gasteiger partial charge is 0.486 e. The Morgan fingerprint density at radius 3 is 2.55 bits per heavy atom. The predicted molar refractivity (Wildman–Crippen MR) is 116 cm³/mol. The zero-order valence-electron chi connectivity index (χ0n) is 17.6. The molecule has 0 bridgehead atoms. The normalized spacial score (nSPS) is 18.8. The molecule has 0 unspecified atom stereocenters. The zero-order chi connectivity index (χ0) is 23.0. The lowest BCUT2D eigenvalue weighted by Gasteiger charge is -2.27. The molecular weight excluding hydrogens is 451 g/mol. The number of carbonyl (C=O) groups is 1. The number of sulfone groups is 1. The average Bonchev–Trinajstić information content (AvgIpc) is 3.44. The zero-order valence-corrected chi connectivity index (χ0v) is 18.4. The molecule has 0 aliphatic carbocycles. The van der Waals surface area contributed by atoms with Gasteiger partial charge in [-0.3, -0.25) is 4.79 Å². The van der Waals surface area contributed by atoms with Crippen LogP contribution in [0, 0.1) is 5.82 Å². The van der Waals surface area contributed by atoms with E-state index in [1.165, 1.54) is 23.1 Å². The van der Waals surface area contributed by atoms with Crippen LogP contribution in [-0.4, -0.2) is 55.1 Å². The smallest absolute Gasteiger partial charge is 0.276 e. The molecule has 2 aromatic carbocycles. The Labute approximate surface area is 189 Å². The fraction of sp³-hybridized carbons (Fsp3) is 0.304. The van der Waals surface area contributed by atoms with E-state index in [-0.39, 0.29) is 29.6 Å². The molecular formula is C23H21FN2O6S. The summed E-state index contributed by atoms with van der Waals surface area (Å²) in [6.45, 7) is 1.05. The van der Waals surface area contributed by atoms with Crippen LogP contribution in [0.1, 0.15) is 22.5 Å². The minimum Gasteiger partial charge on any atom is -0.486 e. The van der Waals surface area contributed by atoms with E-state index in [0.717, 1.165) is 0 Å². The van der Waals surface area contributed by atoms with Gasteiger partial charge < -0.3 is 18.9 Å². The van der Waals surface area contributed by atoms with Crippen LogP contribution in [0.2, 0.25) is 0 Å². The number of ether oxygens (including phenoxy) is 2. The molecule has 5 rings (SSSR count). The maximum absolute atomic E-state index is 13.4. The van der Waals surface area contributed by atoms with Crippen LogP contribution in [0.15, 0.2) is 53.1 Å². The summed E-state index contributed by atoms with van der Waals surface area (Å²) in [4.78, 5) is 14.9. The van der Waals surface area contributed by atoms with Crippen molar-refractivity contribution < 1.29 is 31.6 Å². The predicted octanol–water partition coefficient (Wildman–Crippen LogP) is 3.08. The maximum Gasteiger partial charge on any atom is 0.276 e. The van der Waals surface area contributed by atoms with Gasteiger partial charge in [0.05, 0.1) is 11.5 Å². The Morgan fingerprint density at radius 2 is 1.82 bits per heavy atom. The number of rotatable bonds is 5. The molecule has 1 amide bonds. The van der Waals surface area contributed by atoms with E-state index in [0.29, 0.717) is 48.0 Å². The number of hydrogen-bond acceptors (Lipinski definition) is 7. The van der Waals surface area contributed by atoms with Crippen molar-refractivity contribution in [2.75, 3.05) is 24.7 Å². The van der Waals surface area contributed by atoms with Crippen molar-refractivity contribution in [2.45, 2.75) is 19.0 Å². The van der Waals surface area contributed by atoms with E-state index in [1.807, 2.05) is 0 Å². The van der Waals surface area contributed by atoms with Crippen LogP contribution in [0.5, 0.6) is 11.5 Å². The Kier molecular flexibility index (Phi) is 5.53. The Hall–Kier alpha value is -3.40. The molecule has 0 spiro atoms. The standard InChI is InChI=1S/C23H21FN2O6S/c24-17-4-1-15(2-5-17)13-26(18-7-10-33(28,29)14-18)23(27)19-12-21(32-25-19)16-3-6-20-22(11-16)31-9-8-30-20/h1-6,11-12,18H,7-10,13-14H2/t18-/m1/s1. The van der Waals surface area contributed by atoms with Crippen molar-refractivity contribution in [1.29, 1.82) is 0 Å². The third kappa shape index (κ3) is 4.56. The molecule has 1 fully saturated rings. The Bertz CT molecular complexity index is 1290. The molecule has 10 heteroatoms. The van der Waals surface area contributed by atoms with Crippen molar-refractivity contribution in [3.63, 3.8) is 0 Å². The summed E-state index contributed by atoms with van der Waals surface area (Å²) in [5.74, 6) is 0.649. The summed E-state index contributed by atoms with van der Waals surface area (Å²) in [5, 5.41) is 3.94. The first kappa shape index (κ1) is 21.4. The van der Waals surface area contributed by atoms with Gasteiger partial charge in [0.15, 0.2) is 32.8 Å². The van der Waals surface area contributed by atoms with Gasteiger partial charge in [-0.25, -0.2) is 12.8 Å². The van der Waals surface area contributed by atoms with Crippen molar-refractivity contribution in [1.82, 2.24) is 10.1 Å². The van der Waals surface area contributed by atoms with Crippen LogP contribution in [-0.2, 0) is 16.4 Å². The molecule has 0 N–H and O–H groups in total. The second kappa shape index (κ2) is 8.51. The van der Waals surface area contributed by atoms with Gasteiger partial charge in [-0.15, -0.1) is 0 Å².